The number of thiocarbonyl (C=S) groups is 1. The van der Waals surface area contributed by atoms with E-state index in [-0.39, 0.29) is 10.8 Å². The van der Waals surface area contributed by atoms with Gasteiger partial charge in [-0.2, -0.15) is 5.10 Å². The highest BCUT2D eigenvalue weighted by Gasteiger charge is 2.09. The van der Waals surface area contributed by atoms with Gasteiger partial charge in [-0.3, -0.25) is 15.5 Å². The second kappa shape index (κ2) is 7.85. The van der Waals surface area contributed by atoms with Crippen molar-refractivity contribution in [3.05, 3.63) is 64.2 Å². The van der Waals surface area contributed by atoms with E-state index in [0.29, 0.717) is 11.3 Å². The summed E-state index contributed by atoms with van der Waals surface area (Å²) in [5.41, 5.74) is 3.71. The first-order valence-corrected chi connectivity index (χ1v) is 6.98. The quantitative estimate of drug-likeness (QED) is 0.379. The minimum absolute atomic E-state index is 0.0234. The van der Waals surface area contributed by atoms with Crippen LogP contribution in [0.3, 0.4) is 0 Å². The van der Waals surface area contributed by atoms with Crippen LogP contribution >= 0.6 is 12.2 Å². The maximum Gasteiger partial charge on any atom is 0.278 e. The van der Waals surface area contributed by atoms with Crippen LogP contribution in [0.15, 0.2) is 53.6 Å². The van der Waals surface area contributed by atoms with Crippen LogP contribution in [0, 0.1) is 10.1 Å². The molecule has 0 aliphatic carbocycles. The maximum absolute atomic E-state index is 10.9. The zero-order valence-electron chi connectivity index (χ0n) is 12.2. The summed E-state index contributed by atoms with van der Waals surface area (Å²) in [5, 5.41) is 18.0. The summed E-state index contributed by atoms with van der Waals surface area (Å²) in [6.45, 7) is 0. The first-order chi connectivity index (χ1) is 11.1. The second-order valence-corrected chi connectivity index (χ2v) is 4.78. The summed E-state index contributed by atoms with van der Waals surface area (Å²) >= 11 is 5.10. The molecule has 2 rings (SSSR count). The van der Waals surface area contributed by atoms with Gasteiger partial charge in [0.05, 0.1) is 23.8 Å². The third-order valence-corrected chi connectivity index (χ3v) is 3.02. The van der Waals surface area contributed by atoms with Gasteiger partial charge >= 0.3 is 0 Å². The lowest BCUT2D eigenvalue weighted by Gasteiger charge is -2.08. The van der Waals surface area contributed by atoms with Crippen LogP contribution < -0.4 is 15.5 Å². The number of methoxy groups -OCH3 is 1. The molecule has 0 aliphatic rings. The smallest absolute Gasteiger partial charge is 0.278 e. The highest BCUT2D eigenvalue weighted by atomic mass is 32.1. The van der Waals surface area contributed by atoms with Crippen LogP contribution in [-0.2, 0) is 0 Å². The van der Waals surface area contributed by atoms with E-state index in [9.17, 15) is 10.1 Å². The van der Waals surface area contributed by atoms with Crippen molar-refractivity contribution < 1.29 is 9.66 Å². The van der Waals surface area contributed by atoms with Gasteiger partial charge in [-0.1, -0.05) is 18.2 Å². The summed E-state index contributed by atoms with van der Waals surface area (Å²) in [4.78, 5) is 10.4. The molecule has 7 nitrogen and oxygen atoms in total. The Bertz CT molecular complexity index is 749. The number of anilines is 1. The van der Waals surface area contributed by atoms with Gasteiger partial charge in [-0.15, -0.1) is 0 Å². The van der Waals surface area contributed by atoms with Crippen molar-refractivity contribution >= 4 is 34.9 Å². The number of hydrogen-bond acceptors (Lipinski definition) is 5. The largest absolute Gasteiger partial charge is 0.497 e. The van der Waals surface area contributed by atoms with E-state index in [1.54, 1.807) is 31.4 Å². The molecule has 0 fully saturated rings. The Hall–Kier alpha value is -3.00. The predicted molar refractivity (Wildman–Crippen MR) is 93.0 cm³/mol. The van der Waals surface area contributed by atoms with Gasteiger partial charge in [0.2, 0.25) is 0 Å². The van der Waals surface area contributed by atoms with Crippen LogP contribution in [0.2, 0.25) is 0 Å². The fourth-order valence-electron chi connectivity index (χ4n) is 1.78. The third kappa shape index (κ3) is 4.75. The number of hydrogen-bond donors (Lipinski definition) is 2. The predicted octanol–water partition coefficient (Wildman–Crippen LogP) is 2.92. The molecule has 0 saturated carbocycles. The van der Waals surface area contributed by atoms with Gasteiger partial charge in [0.25, 0.3) is 5.69 Å². The summed E-state index contributed by atoms with van der Waals surface area (Å²) in [6, 6.07) is 13.5. The molecule has 0 radical (unpaired) electrons. The average molecular weight is 330 g/mol. The topological polar surface area (TPSA) is 88.8 Å². The van der Waals surface area contributed by atoms with Crippen molar-refractivity contribution in [3.8, 4) is 5.75 Å². The molecule has 8 heteroatoms. The molecule has 0 aromatic heterocycles. The zero-order valence-corrected chi connectivity index (χ0v) is 13.0. The number of hydrazone groups is 1. The number of nitro groups is 1. The van der Waals surface area contributed by atoms with Crippen LogP contribution in [0.1, 0.15) is 5.56 Å². The molecule has 118 valence electrons. The van der Waals surface area contributed by atoms with Gasteiger partial charge in [0, 0.05) is 17.8 Å². The van der Waals surface area contributed by atoms with Crippen LogP contribution in [0.4, 0.5) is 11.4 Å². The van der Waals surface area contributed by atoms with Crippen molar-refractivity contribution in [2.75, 3.05) is 12.4 Å². The SMILES string of the molecule is COc1cccc(NC(=S)N/N=C\c2ccccc2[N+](=O)[O-])c1. The number of nitro benzene ring substituents is 1. The summed E-state index contributed by atoms with van der Waals surface area (Å²) in [6.07, 6.45) is 1.34. The van der Waals surface area contributed by atoms with Gasteiger partial charge in [0.1, 0.15) is 5.75 Å². The van der Waals surface area contributed by atoms with Crippen molar-refractivity contribution in [2.45, 2.75) is 0 Å². The van der Waals surface area contributed by atoms with E-state index in [1.165, 1.54) is 12.3 Å². The van der Waals surface area contributed by atoms with E-state index in [0.717, 1.165) is 5.69 Å². The highest BCUT2D eigenvalue weighted by molar-refractivity contribution is 7.80. The van der Waals surface area contributed by atoms with E-state index < -0.39 is 4.92 Å². The summed E-state index contributed by atoms with van der Waals surface area (Å²) in [5.74, 6) is 0.696. The maximum atomic E-state index is 10.9. The van der Waals surface area contributed by atoms with Crippen LogP contribution in [0.5, 0.6) is 5.75 Å². The normalized spacial score (nSPS) is 10.3. The molecule has 0 atom stereocenters. The Morgan fingerprint density at radius 2 is 2.09 bits per heavy atom. The summed E-state index contributed by atoms with van der Waals surface area (Å²) < 4.78 is 5.11. The molecular formula is C15H14N4O3S. The van der Waals surface area contributed by atoms with Crippen molar-refractivity contribution in [3.63, 3.8) is 0 Å². The van der Waals surface area contributed by atoms with E-state index in [2.05, 4.69) is 15.8 Å². The Morgan fingerprint density at radius 3 is 2.83 bits per heavy atom. The Kier molecular flexibility index (Phi) is 5.59. The monoisotopic (exact) mass is 330 g/mol. The number of rotatable bonds is 5. The lowest BCUT2D eigenvalue weighted by Crippen LogP contribution is -2.23. The molecule has 0 bridgehead atoms. The fraction of sp³-hybridized carbons (Fsp3) is 0.0667. The van der Waals surface area contributed by atoms with E-state index in [4.69, 9.17) is 17.0 Å². The summed E-state index contributed by atoms with van der Waals surface area (Å²) in [7, 11) is 1.58. The van der Waals surface area contributed by atoms with Crippen LogP contribution in [-0.4, -0.2) is 23.4 Å². The first kappa shape index (κ1) is 16.4. The second-order valence-electron chi connectivity index (χ2n) is 4.37. The molecule has 2 aromatic rings. The molecule has 0 unspecified atom stereocenters. The Balaban J connectivity index is 1.97. The number of ether oxygens (including phenoxy) is 1. The third-order valence-electron chi connectivity index (χ3n) is 2.83. The molecule has 2 N–H and O–H groups in total. The highest BCUT2D eigenvalue weighted by Crippen LogP contribution is 2.17. The molecule has 0 amide bonds. The minimum Gasteiger partial charge on any atom is -0.497 e. The Labute approximate surface area is 138 Å². The van der Waals surface area contributed by atoms with Crippen molar-refractivity contribution in [1.82, 2.24) is 5.43 Å². The van der Waals surface area contributed by atoms with E-state index in [1.807, 2.05) is 18.2 Å². The fourth-order valence-corrected chi connectivity index (χ4v) is 1.95. The molecule has 2 aromatic carbocycles. The molecule has 0 aliphatic heterocycles. The van der Waals surface area contributed by atoms with Crippen molar-refractivity contribution in [2.24, 2.45) is 5.10 Å². The molecule has 0 saturated heterocycles. The number of benzene rings is 2. The number of nitrogens with zero attached hydrogens (tertiary/aromatic N) is 2. The zero-order chi connectivity index (χ0) is 16.7. The standard InChI is InChI=1S/C15H14N4O3S/c1-22-13-7-4-6-12(9-13)17-15(23)18-16-10-11-5-2-3-8-14(11)19(20)21/h2-10H,1H3,(H2,17,18,23)/b16-10-. The number of para-hydroxylation sites is 1. The van der Waals surface area contributed by atoms with Gasteiger partial charge < -0.3 is 10.1 Å². The lowest BCUT2D eigenvalue weighted by atomic mass is 10.2. The van der Waals surface area contributed by atoms with Crippen LogP contribution in [0.25, 0.3) is 0 Å². The van der Waals surface area contributed by atoms with Gasteiger partial charge in [0.15, 0.2) is 5.11 Å². The lowest BCUT2D eigenvalue weighted by molar-refractivity contribution is -0.385. The Morgan fingerprint density at radius 1 is 1.30 bits per heavy atom. The van der Waals surface area contributed by atoms with Gasteiger partial charge in [-0.05, 0) is 30.4 Å². The average Bonchev–Trinajstić information content (AvgIpc) is 2.55. The number of nitrogens with one attached hydrogen (secondary N) is 2. The minimum atomic E-state index is -0.464. The molecule has 0 heterocycles. The van der Waals surface area contributed by atoms with E-state index >= 15 is 0 Å². The van der Waals surface area contributed by atoms with Gasteiger partial charge in [-0.25, -0.2) is 0 Å². The first-order valence-electron chi connectivity index (χ1n) is 6.57. The molecular weight excluding hydrogens is 316 g/mol. The molecule has 23 heavy (non-hydrogen) atoms. The van der Waals surface area contributed by atoms with Crippen molar-refractivity contribution in [1.29, 1.82) is 0 Å². The molecule has 0 spiro atoms.